The highest BCUT2D eigenvalue weighted by atomic mass is 35.5. The summed E-state index contributed by atoms with van der Waals surface area (Å²) in [5.74, 6) is 1.84. The van der Waals surface area contributed by atoms with Crippen molar-refractivity contribution < 1.29 is 4.39 Å². The van der Waals surface area contributed by atoms with Crippen LogP contribution in [0.2, 0.25) is 5.02 Å². The van der Waals surface area contributed by atoms with Crippen molar-refractivity contribution in [3.05, 3.63) is 71.3 Å². The Morgan fingerprint density at radius 3 is 2.57 bits per heavy atom. The minimum absolute atomic E-state index is 0.340. The van der Waals surface area contributed by atoms with E-state index in [0.29, 0.717) is 34.2 Å². The van der Waals surface area contributed by atoms with Crippen molar-refractivity contribution in [2.24, 2.45) is 11.8 Å². The van der Waals surface area contributed by atoms with Gasteiger partial charge in [0.15, 0.2) is 0 Å². The van der Waals surface area contributed by atoms with E-state index in [1.54, 1.807) is 0 Å². The van der Waals surface area contributed by atoms with Gasteiger partial charge in [-0.25, -0.2) is 4.39 Å². The number of aromatic nitrogens is 3. The number of likely N-dealkylation sites (tertiary alicyclic amines) is 1. The van der Waals surface area contributed by atoms with Gasteiger partial charge in [0.2, 0.25) is 0 Å². The highest BCUT2D eigenvalue weighted by Crippen LogP contribution is 2.39. The molecule has 30 heavy (non-hydrogen) atoms. The summed E-state index contributed by atoms with van der Waals surface area (Å²) in [4.78, 5) is 6.97. The van der Waals surface area contributed by atoms with Gasteiger partial charge in [0.1, 0.15) is 11.6 Å². The van der Waals surface area contributed by atoms with Crippen LogP contribution in [0, 0.1) is 17.7 Å². The van der Waals surface area contributed by atoms with Crippen LogP contribution in [-0.2, 0) is 6.54 Å². The average Bonchev–Trinajstić information content (AvgIpc) is 3.29. The van der Waals surface area contributed by atoms with E-state index in [2.05, 4.69) is 31.5 Å². The quantitative estimate of drug-likeness (QED) is 0.647. The van der Waals surface area contributed by atoms with Crippen LogP contribution in [0.5, 0.6) is 0 Å². The molecule has 0 amide bonds. The Morgan fingerprint density at radius 2 is 1.87 bits per heavy atom. The lowest BCUT2D eigenvalue weighted by molar-refractivity contribution is 0.297. The zero-order chi connectivity index (χ0) is 20.5. The molecule has 1 aliphatic heterocycles. The summed E-state index contributed by atoms with van der Waals surface area (Å²) in [5, 5.41) is 12.5. The third-order valence-electron chi connectivity index (χ3n) is 6.16. The number of hydrogen-bond donors (Lipinski definition) is 1. The van der Waals surface area contributed by atoms with Crippen molar-refractivity contribution in [2.45, 2.75) is 25.4 Å². The molecule has 1 aliphatic carbocycles. The van der Waals surface area contributed by atoms with Crippen LogP contribution in [0.4, 0.5) is 10.2 Å². The molecule has 154 valence electrons. The van der Waals surface area contributed by atoms with Crippen molar-refractivity contribution in [1.82, 2.24) is 20.1 Å². The number of fused-ring (bicyclic) bond motifs is 1. The van der Waals surface area contributed by atoms with Gasteiger partial charge in [0.05, 0.1) is 16.4 Å². The molecule has 7 heteroatoms. The first-order chi connectivity index (χ1) is 14.6. The van der Waals surface area contributed by atoms with E-state index in [0.717, 1.165) is 44.0 Å². The van der Waals surface area contributed by atoms with Crippen molar-refractivity contribution >= 4 is 17.4 Å². The first kappa shape index (κ1) is 19.4. The molecule has 5 rings (SSSR count). The number of hydrogen-bond acceptors (Lipinski definition) is 5. The first-order valence-corrected chi connectivity index (χ1v) is 10.7. The van der Waals surface area contributed by atoms with Crippen molar-refractivity contribution in [3.63, 3.8) is 0 Å². The summed E-state index contributed by atoms with van der Waals surface area (Å²) in [5.41, 5.74) is 2.26. The van der Waals surface area contributed by atoms with Crippen molar-refractivity contribution in [1.29, 1.82) is 0 Å². The smallest absolute Gasteiger partial charge is 0.148 e. The second kappa shape index (κ2) is 8.28. The number of rotatable bonds is 5. The van der Waals surface area contributed by atoms with Gasteiger partial charge >= 0.3 is 0 Å². The fourth-order valence-electron chi connectivity index (χ4n) is 4.82. The molecule has 2 aliphatic rings. The van der Waals surface area contributed by atoms with E-state index in [1.807, 2.05) is 30.5 Å². The second-order valence-electron chi connectivity index (χ2n) is 8.28. The summed E-state index contributed by atoms with van der Waals surface area (Å²) >= 11 is 6.17. The summed E-state index contributed by atoms with van der Waals surface area (Å²) < 4.78 is 13.5. The third kappa shape index (κ3) is 4.16. The highest BCUT2D eigenvalue weighted by molar-refractivity contribution is 6.33. The van der Waals surface area contributed by atoms with E-state index in [9.17, 15) is 4.39 Å². The lowest BCUT2D eigenvalue weighted by atomic mass is 10.0. The Balaban J connectivity index is 1.17. The van der Waals surface area contributed by atoms with Crippen molar-refractivity contribution in [3.8, 4) is 11.3 Å². The fraction of sp³-hybridized carbons (Fsp3) is 0.348. The second-order valence-corrected chi connectivity index (χ2v) is 8.68. The van der Waals surface area contributed by atoms with Crippen molar-refractivity contribution in [2.75, 3.05) is 18.4 Å². The minimum atomic E-state index is -0.340. The first-order valence-electron chi connectivity index (χ1n) is 10.3. The molecule has 2 fully saturated rings. The van der Waals surface area contributed by atoms with Gasteiger partial charge in [-0.3, -0.25) is 9.88 Å². The van der Waals surface area contributed by atoms with Gasteiger partial charge in [-0.05, 0) is 67.1 Å². The van der Waals surface area contributed by atoms with E-state index in [4.69, 9.17) is 11.6 Å². The monoisotopic (exact) mass is 423 g/mol. The van der Waals surface area contributed by atoms with Gasteiger partial charge in [0.25, 0.3) is 0 Å². The molecule has 1 N–H and O–H groups in total. The maximum absolute atomic E-state index is 13.5. The summed E-state index contributed by atoms with van der Waals surface area (Å²) in [6.07, 6.45) is 4.14. The largest absolute Gasteiger partial charge is 0.366 e. The molecule has 3 heterocycles. The minimum Gasteiger partial charge on any atom is -0.366 e. The van der Waals surface area contributed by atoms with Crippen LogP contribution < -0.4 is 5.32 Å². The number of benzene rings is 1. The zero-order valence-corrected chi connectivity index (χ0v) is 17.3. The van der Waals surface area contributed by atoms with E-state index < -0.39 is 0 Å². The van der Waals surface area contributed by atoms with Crippen LogP contribution in [0.25, 0.3) is 11.3 Å². The SMILES string of the molecule is Fc1ccc(Cl)c(-c2ccc(N[C@H]3C[C@@H]4CN(Cc5ccccn5)C[C@@H]4C3)nn2)c1. The Hall–Kier alpha value is -2.57. The van der Waals surface area contributed by atoms with Crippen LogP contribution in [0.3, 0.4) is 0 Å². The van der Waals surface area contributed by atoms with E-state index in [1.165, 1.54) is 18.2 Å². The van der Waals surface area contributed by atoms with Gasteiger partial charge in [-0.1, -0.05) is 17.7 Å². The molecular weight excluding hydrogens is 401 g/mol. The molecule has 3 atom stereocenters. The average molecular weight is 424 g/mol. The van der Waals surface area contributed by atoms with Gasteiger partial charge < -0.3 is 5.32 Å². The standard InChI is InChI=1S/C23H23ClFN5/c24-21-5-4-17(25)11-20(21)22-6-7-23(29-28-22)27-19-9-15-12-30(13-16(15)10-19)14-18-3-1-2-8-26-18/h1-8,11,15-16,19H,9-10,12-14H2,(H,27,29)/t15-,16+,19+. The summed E-state index contributed by atoms with van der Waals surface area (Å²) in [7, 11) is 0. The molecule has 0 spiro atoms. The number of nitrogens with one attached hydrogen (secondary N) is 1. The normalized spacial score (nSPS) is 23.5. The van der Waals surface area contributed by atoms with Gasteiger partial charge in [-0.2, -0.15) is 0 Å². The van der Waals surface area contributed by atoms with Crippen LogP contribution >= 0.6 is 11.6 Å². The molecule has 2 aromatic heterocycles. The Bertz CT molecular complexity index is 1000. The molecule has 0 bridgehead atoms. The predicted molar refractivity (Wildman–Crippen MR) is 116 cm³/mol. The van der Waals surface area contributed by atoms with E-state index in [-0.39, 0.29) is 5.82 Å². The molecule has 0 unspecified atom stereocenters. The number of halogens is 2. The molecule has 1 aromatic carbocycles. The third-order valence-corrected chi connectivity index (χ3v) is 6.49. The maximum atomic E-state index is 13.5. The Kier molecular flexibility index (Phi) is 5.35. The lowest BCUT2D eigenvalue weighted by Gasteiger charge is -2.19. The predicted octanol–water partition coefficient (Wildman–Crippen LogP) is 4.65. The number of anilines is 1. The fourth-order valence-corrected chi connectivity index (χ4v) is 5.03. The van der Waals surface area contributed by atoms with Gasteiger partial charge in [-0.15, -0.1) is 10.2 Å². The molecule has 1 saturated heterocycles. The molecular formula is C23H23ClFN5. The molecule has 1 saturated carbocycles. The molecule has 5 nitrogen and oxygen atoms in total. The van der Waals surface area contributed by atoms with Crippen LogP contribution in [0.15, 0.2) is 54.7 Å². The Morgan fingerprint density at radius 1 is 1.03 bits per heavy atom. The summed E-state index contributed by atoms with van der Waals surface area (Å²) in [6, 6.07) is 14.5. The van der Waals surface area contributed by atoms with Crippen LogP contribution in [-0.4, -0.2) is 39.2 Å². The zero-order valence-electron chi connectivity index (χ0n) is 16.5. The lowest BCUT2D eigenvalue weighted by Crippen LogP contribution is -2.25. The Labute approximate surface area is 180 Å². The number of nitrogens with zero attached hydrogens (tertiary/aromatic N) is 4. The van der Waals surface area contributed by atoms with Gasteiger partial charge in [0, 0.05) is 37.4 Å². The number of pyridine rings is 1. The summed E-state index contributed by atoms with van der Waals surface area (Å²) in [6.45, 7) is 3.19. The maximum Gasteiger partial charge on any atom is 0.148 e. The topological polar surface area (TPSA) is 53.9 Å². The highest BCUT2D eigenvalue weighted by Gasteiger charge is 2.40. The van der Waals surface area contributed by atoms with Crippen LogP contribution in [0.1, 0.15) is 18.5 Å². The molecule has 3 aromatic rings. The van der Waals surface area contributed by atoms with E-state index >= 15 is 0 Å². The molecule has 0 radical (unpaired) electrons.